The maximum atomic E-state index is 13.6. The molecule has 0 bridgehead atoms. The Labute approximate surface area is 169 Å². The van der Waals surface area contributed by atoms with Crippen molar-refractivity contribution in [2.45, 2.75) is 19.9 Å². The fraction of sp³-hybridized carbons (Fsp3) is 0.333. The molecule has 3 N–H and O–H groups in total. The van der Waals surface area contributed by atoms with Gasteiger partial charge < -0.3 is 20.4 Å². The Morgan fingerprint density at radius 1 is 1.15 bits per heavy atom. The van der Waals surface area contributed by atoms with Crippen LogP contribution in [0.1, 0.15) is 18.2 Å². The molecule has 0 atom stereocenters. The molecule has 1 heterocycles. The van der Waals surface area contributed by atoms with E-state index in [1.165, 1.54) is 6.07 Å². The van der Waals surface area contributed by atoms with Crippen LogP contribution >= 0.6 is 24.0 Å². The van der Waals surface area contributed by atoms with Gasteiger partial charge in [-0.15, -0.1) is 24.0 Å². The molecule has 0 aliphatic carbocycles. The molecule has 2 rings (SSSR count). The van der Waals surface area contributed by atoms with Crippen molar-refractivity contribution in [3.63, 3.8) is 0 Å². The standard InChI is InChI=1S/C18H23FN4O2.HI/c1-2-20-18(21-10-9-14-6-3-4-8-16(14)19)23-13-17(24)22-12-15-7-5-11-25-15;/h3-8,11H,2,9-10,12-13H2,1H3,(H,22,24)(H2,20,21,23);1H. The number of carbonyl (C=O) groups is 1. The summed E-state index contributed by atoms with van der Waals surface area (Å²) in [6.07, 6.45) is 2.09. The van der Waals surface area contributed by atoms with Crippen molar-refractivity contribution < 1.29 is 13.6 Å². The molecule has 1 aromatic carbocycles. The van der Waals surface area contributed by atoms with Crippen molar-refractivity contribution in [1.29, 1.82) is 0 Å². The van der Waals surface area contributed by atoms with Gasteiger partial charge in [0.05, 0.1) is 12.8 Å². The lowest BCUT2D eigenvalue weighted by molar-refractivity contribution is -0.119. The van der Waals surface area contributed by atoms with Crippen molar-refractivity contribution in [2.75, 3.05) is 19.6 Å². The van der Waals surface area contributed by atoms with Crippen molar-refractivity contribution in [3.8, 4) is 0 Å². The number of guanidine groups is 1. The second kappa shape index (κ2) is 12.3. The first-order valence-corrected chi connectivity index (χ1v) is 8.23. The third kappa shape index (κ3) is 7.85. The molecule has 0 unspecified atom stereocenters. The molecule has 1 amide bonds. The molecular weight excluding hydrogens is 450 g/mol. The number of hydrogen-bond donors (Lipinski definition) is 3. The highest BCUT2D eigenvalue weighted by atomic mass is 127. The number of nitrogens with one attached hydrogen (secondary N) is 3. The highest BCUT2D eigenvalue weighted by molar-refractivity contribution is 14.0. The Bertz CT molecular complexity index is 692. The minimum atomic E-state index is -0.219. The number of rotatable bonds is 8. The van der Waals surface area contributed by atoms with Gasteiger partial charge in [-0.3, -0.25) is 4.79 Å². The molecular formula is C18H24FIN4O2. The fourth-order valence-corrected chi connectivity index (χ4v) is 2.16. The summed E-state index contributed by atoms with van der Waals surface area (Å²) >= 11 is 0. The number of nitrogens with zero attached hydrogens (tertiary/aromatic N) is 1. The van der Waals surface area contributed by atoms with Crippen LogP contribution in [-0.2, 0) is 17.8 Å². The van der Waals surface area contributed by atoms with Gasteiger partial charge in [-0.2, -0.15) is 0 Å². The second-order valence-corrected chi connectivity index (χ2v) is 5.32. The van der Waals surface area contributed by atoms with Crippen LogP contribution in [0.3, 0.4) is 0 Å². The summed E-state index contributed by atoms with van der Waals surface area (Å²) in [6.45, 7) is 3.44. The Hall–Kier alpha value is -2.10. The molecule has 2 aromatic rings. The number of carbonyl (C=O) groups excluding carboxylic acids is 1. The Morgan fingerprint density at radius 3 is 2.65 bits per heavy atom. The minimum Gasteiger partial charge on any atom is -0.467 e. The SMILES string of the molecule is CCNC(=NCC(=O)NCc1ccco1)NCCc1ccccc1F.I. The van der Waals surface area contributed by atoms with Crippen LogP contribution in [0.25, 0.3) is 0 Å². The number of aliphatic imine (C=N–C) groups is 1. The van der Waals surface area contributed by atoms with Gasteiger partial charge in [0.25, 0.3) is 0 Å². The van der Waals surface area contributed by atoms with E-state index >= 15 is 0 Å². The van der Waals surface area contributed by atoms with Crippen LogP contribution in [-0.4, -0.2) is 31.5 Å². The molecule has 0 radical (unpaired) electrons. The molecule has 8 heteroatoms. The quantitative estimate of drug-likeness (QED) is 0.312. The van der Waals surface area contributed by atoms with Crippen LogP contribution in [0.15, 0.2) is 52.1 Å². The lowest BCUT2D eigenvalue weighted by Crippen LogP contribution is -2.39. The van der Waals surface area contributed by atoms with Gasteiger partial charge in [0.2, 0.25) is 5.91 Å². The molecule has 1 aromatic heterocycles. The second-order valence-electron chi connectivity index (χ2n) is 5.32. The van der Waals surface area contributed by atoms with Crippen molar-refractivity contribution in [3.05, 3.63) is 59.8 Å². The number of furan rings is 1. The van der Waals surface area contributed by atoms with Gasteiger partial charge in [-0.05, 0) is 37.1 Å². The van der Waals surface area contributed by atoms with E-state index in [0.717, 1.165) is 0 Å². The molecule has 0 saturated carbocycles. The lowest BCUT2D eigenvalue weighted by Gasteiger charge is -2.11. The van der Waals surface area contributed by atoms with Gasteiger partial charge in [0, 0.05) is 13.1 Å². The zero-order chi connectivity index (χ0) is 17.9. The summed E-state index contributed by atoms with van der Waals surface area (Å²) in [6, 6.07) is 10.2. The molecule has 0 fully saturated rings. The van der Waals surface area contributed by atoms with E-state index in [9.17, 15) is 9.18 Å². The van der Waals surface area contributed by atoms with Gasteiger partial charge in [-0.25, -0.2) is 9.38 Å². The molecule has 26 heavy (non-hydrogen) atoms. The highest BCUT2D eigenvalue weighted by Crippen LogP contribution is 2.06. The summed E-state index contributed by atoms with van der Waals surface area (Å²) in [7, 11) is 0. The monoisotopic (exact) mass is 474 g/mol. The largest absolute Gasteiger partial charge is 0.467 e. The minimum absolute atomic E-state index is 0. The number of benzene rings is 1. The van der Waals surface area contributed by atoms with Crippen LogP contribution in [0, 0.1) is 5.82 Å². The summed E-state index contributed by atoms with van der Waals surface area (Å²) in [5.74, 6) is 0.783. The van der Waals surface area contributed by atoms with Crippen molar-refractivity contribution in [1.82, 2.24) is 16.0 Å². The smallest absolute Gasteiger partial charge is 0.242 e. The van der Waals surface area contributed by atoms with Gasteiger partial charge in [0.1, 0.15) is 18.1 Å². The zero-order valence-electron chi connectivity index (χ0n) is 14.6. The summed E-state index contributed by atoms with van der Waals surface area (Å²) in [4.78, 5) is 16.0. The van der Waals surface area contributed by atoms with Crippen molar-refractivity contribution >= 4 is 35.8 Å². The van der Waals surface area contributed by atoms with Crippen LogP contribution in [0.5, 0.6) is 0 Å². The average Bonchev–Trinajstić information content (AvgIpc) is 3.13. The predicted octanol–water partition coefficient (Wildman–Crippen LogP) is 2.45. The topological polar surface area (TPSA) is 78.7 Å². The van der Waals surface area contributed by atoms with Gasteiger partial charge in [0.15, 0.2) is 5.96 Å². The number of halogens is 2. The average molecular weight is 474 g/mol. The molecule has 6 nitrogen and oxygen atoms in total. The van der Waals surface area contributed by atoms with Crippen molar-refractivity contribution in [2.24, 2.45) is 4.99 Å². The molecule has 0 spiro atoms. The predicted molar refractivity (Wildman–Crippen MR) is 110 cm³/mol. The van der Waals surface area contributed by atoms with Crippen LogP contribution in [0.2, 0.25) is 0 Å². The third-order valence-electron chi connectivity index (χ3n) is 3.41. The first-order valence-electron chi connectivity index (χ1n) is 8.23. The van der Waals surface area contributed by atoms with E-state index in [4.69, 9.17) is 4.42 Å². The maximum Gasteiger partial charge on any atom is 0.242 e. The Kier molecular flexibility index (Phi) is 10.4. The Morgan fingerprint density at radius 2 is 1.96 bits per heavy atom. The maximum absolute atomic E-state index is 13.6. The summed E-state index contributed by atoms with van der Waals surface area (Å²) in [5.41, 5.74) is 0.641. The van der Waals surface area contributed by atoms with E-state index in [-0.39, 0.29) is 42.2 Å². The zero-order valence-corrected chi connectivity index (χ0v) is 17.0. The highest BCUT2D eigenvalue weighted by Gasteiger charge is 2.04. The van der Waals surface area contributed by atoms with E-state index < -0.39 is 0 Å². The van der Waals surface area contributed by atoms with E-state index in [1.807, 2.05) is 6.92 Å². The summed E-state index contributed by atoms with van der Waals surface area (Å²) < 4.78 is 18.7. The van der Waals surface area contributed by atoms with E-state index in [2.05, 4.69) is 20.9 Å². The molecule has 0 saturated heterocycles. The first-order chi connectivity index (χ1) is 12.2. The lowest BCUT2D eigenvalue weighted by atomic mass is 10.1. The first kappa shape index (κ1) is 21.9. The van der Waals surface area contributed by atoms with Gasteiger partial charge >= 0.3 is 0 Å². The van der Waals surface area contributed by atoms with E-state index in [0.29, 0.717) is 43.3 Å². The number of hydrogen-bond acceptors (Lipinski definition) is 3. The normalized spacial score (nSPS) is 10.8. The molecule has 0 aliphatic rings. The Balaban J connectivity index is 0.00000338. The molecule has 142 valence electrons. The van der Waals surface area contributed by atoms with Crippen LogP contribution in [0.4, 0.5) is 4.39 Å². The number of amides is 1. The van der Waals surface area contributed by atoms with Crippen LogP contribution < -0.4 is 16.0 Å². The van der Waals surface area contributed by atoms with Gasteiger partial charge in [-0.1, -0.05) is 18.2 Å². The molecule has 0 aliphatic heterocycles. The third-order valence-corrected chi connectivity index (χ3v) is 3.41. The fourth-order valence-electron chi connectivity index (χ4n) is 2.16. The summed E-state index contributed by atoms with van der Waals surface area (Å²) in [5, 5.41) is 8.88. The van der Waals surface area contributed by atoms with E-state index in [1.54, 1.807) is 36.6 Å².